The summed E-state index contributed by atoms with van der Waals surface area (Å²) < 4.78 is 0. The van der Waals surface area contributed by atoms with E-state index < -0.39 is 24.0 Å². The van der Waals surface area contributed by atoms with Crippen LogP contribution in [-0.4, -0.2) is 57.4 Å². The van der Waals surface area contributed by atoms with Crippen molar-refractivity contribution < 1.29 is 24.9 Å². The zero-order valence-electron chi connectivity index (χ0n) is 12.7. The lowest BCUT2D eigenvalue weighted by molar-refractivity contribution is -0.138. The molecule has 2 rings (SSSR count). The SMILES string of the molecule is NCCc1cc(O)c2c(c1SC[C@H](N)C(=O)O)SC[C@@H](C(=O)O)N2. The number of carbonyl (C=O) groups is 2. The quantitative estimate of drug-likeness (QED) is 0.291. The highest BCUT2D eigenvalue weighted by molar-refractivity contribution is 8.02. The lowest BCUT2D eigenvalue weighted by Gasteiger charge is -2.27. The van der Waals surface area contributed by atoms with Crippen LogP contribution in [0.25, 0.3) is 0 Å². The first-order valence-electron chi connectivity index (χ1n) is 7.17. The molecule has 1 aliphatic rings. The van der Waals surface area contributed by atoms with E-state index in [0.29, 0.717) is 29.3 Å². The van der Waals surface area contributed by atoms with Crippen LogP contribution in [0.1, 0.15) is 5.56 Å². The van der Waals surface area contributed by atoms with Gasteiger partial charge in [0, 0.05) is 21.3 Å². The summed E-state index contributed by atoms with van der Waals surface area (Å²) in [5.41, 5.74) is 12.3. The second kappa shape index (κ2) is 7.97. The highest BCUT2D eigenvalue weighted by Gasteiger charge is 2.29. The van der Waals surface area contributed by atoms with E-state index in [9.17, 15) is 14.7 Å². The summed E-state index contributed by atoms with van der Waals surface area (Å²) in [6.45, 7) is 0.368. The van der Waals surface area contributed by atoms with Gasteiger partial charge in [-0.2, -0.15) is 0 Å². The summed E-state index contributed by atoms with van der Waals surface area (Å²) in [5.74, 6) is -1.67. The third-order valence-corrected chi connectivity index (χ3v) is 6.05. The third kappa shape index (κ3) is 4.07. The molecule has 0 bridgehead atoms. The fraction of sp³-hybridized carbons (Fsp3) is 0.429. The van der Waals surface area contributed by atoms with Crippen LogP contribution in [0.15, 0.2) is 15.9 Å². The number of phenols is 1. The van der Waals surface area contributed by atoms with E-state index in [1.165, 1.54) is 29.6 Å². The molecule has 0 fully saturated rings. The fourth-order valence-electron chi connectivity index (χ4n) is 2.22. The minimum atomic E-state index is -1.09. The van der Waals surface area contributed by atoms with Gasteiger partial charge < -0.3 is 32.1 Å². The lowest BCUT2D eigenvalue weighted by atomic mass is 10.1. The molecule has 1 aliphatic heterocycles. The lowest BCUT2D eigenvalue weighted by Crippen LogP contribution is -2.34. The number of nitrogens with two attached hydrogens (primary N) is 2. The van der Waals surface area contributed by atoms with E-state index in [0.717, 1.165) is 10.5 Å². The molecular formula is C14H19N3O5S2. The van der Waals surface area contributed by atoms with Crippen molar-refractivity contribution in [2.75, 3.05) is 23.4 Å². The van der Waals surface area contributed by atoms with Gasteiger partial charge in [0.2, 0.25) is 0 Å². The molecule has 0 radical (unpaired) electrons. The first-order valence-corrected chi connectivity index (χ1v) is 9.14. The van der Waals surface area contributed by atoms with Crippen molar-refractivity contribution in [2.24, 2.45) is 11.5 Å². The number of aromatic hydroxyl groups is 1. The molecule has 0 unspecified atom stereocenters. The molecule has 10 heteroatoms. The second-order valence-electron chi connectivity index (χ2n) is 5.23. The first-order chi connectivity index (χ1) is 11.3. The van der Waals surface area contributed by atoms with Crippen LogP contribution >= 0.6 is 23.5 Å². The molecule has 0 saturated carbocycles. The van der Waals surface area contributed by atoms with E-state index in [-0.39, 0.29) is 11.5 Å². The smallest absolute Gasteiger partial charge is 0.327 e. The van der Waals surface area contributed by atoms with Crippen LogP contribution in [0.3, 0.4) is 0 Å². The maximum absolute atomic E-state index is 11.2. The molecule has 8 N–H and O–H groups in total. The molecule has 0 spiro atoms. The van der Waals surface area contributed by atoms with Gasteiger partial charge in [-0.25, -0.2) is 4.79 Å². The number of anilines is 1. The van der Waals surface area contributed by atoms with Crippen LogP contribution in [0, 0.1) is 0 Å². The molecule has 24 heavy (non-hydrogen) atoms. The monoisotopic (exact) mass is 373 g/mol. The average Bonchev–Trinajstić information content (AvgIpc) is 2.54. The van der Waals surface area contributed by atoms with Gasteiger partial charge in [0.25, 0.3) is 0 Å². The predicted molar refractivity (Wildman–Crippen MR) is 93.0 cm³/mol. The van der Waals surface area contributed by atoms with E-state index in [1.54, 1.807) is 0 Å². The molecule has 0 saturated heterocycles. The Labute approximate surface area is 147 Å². The molecule has 2 atom stereocenters. The zero-order chi connectivity index (χ0) is 17.9. The van der Waals surface area contributed by atoms with Crippen LogP contribution in [-0.2, 0) is 16.0 Å². The van der Waals surface area contributed by atoms with E-state index in [1.807, 2.05) is 0 Å². The van der Waals surface area contributed by atoms with Gasteiger partial charge in [-0.3, -0.25) is 4.79 Å². The normalized spacial score (nSPS) is 17.7. The number of rotatable bonds is 7. The van der Waals surface area contributed by atoms with Gasteiger partial charge >= 0.3 is 11.9 Å². The first kappa shape index (κ1) is 18.7. The topological polar surface area (TPSA) is 159 Å². The van der Waals surface area contributed by atoms with Crippen molar-refractivity contribution in [3.8, 4) is 5.75 Å². The van der Waals surface area contributed by atoms with Crippen LogP contribution in [0.2, 0.25) is 0 Å². The second-order valence-corrected chi connectivity index (χ2v) is 7.29. The summed E-state index contributed by atoms with van der Waals surface area (Å²) in [4.78, 5) is 23.6. The van der Waals surface area contributed by atoms with Gasteiger partial charge in [0.1, 0.15) is 17.8 Å². The van der Waals surface area contributed by atoms with Gasteiger partial charge in [-0.1, -0.05) is 0 Å². The number of carboxylic acid groups (broad SMARTS) is 2. The molecule has 8 nitrogen and oxygen atoms in total. The maximum atomic E-state index is 11.2. The van der Waals surface area contributed by atoms with Crippen LogP contribution in [0.4, 0.5) is 5.69 Å². The summed E-state index contributed by atoms with van der Waals surface area (Å²) in [5, 5.41) is 31.1. The highest BCUT2D eigenvalue weighted by Crippen LogP contribution is 2.47. The molecule has 1 aromatic rings. The predicted octanol–water partition coefficient (Wildman–Crippen LogP) is 0.368. The number of hydrogen-bond acceptors (Lipinski definition) is 8. The number of hydrogen-bond donors (Lipinski definition) is 6. The summed E-state index contributed by atoms with van der Waals surface area (Å²) >= 11 is 2.59. The Morgan fingerprint density at radius 1 is 1.46 bits per heavy atom. The van der Waals surface area contributed by atoms with Crippen LogP contribution in [0.5, 0.6) is 5.75 Å². The van der Waals surface area contributed by atoms with Crippen molar-refractivity contribution in [1.29, 1.82) is 0 Å². The Kier molecular flexibility index (Phi) is 6.21. The van der Waals surface area contributed by atoms with Gasteiger partial charge in [-0.05, 0) is 24.6 Å². The molecule has 1 heterocycles. The number of phenolic OH excluding ortho intramolecular Hbond substituents is 1. The number of carboxylic acids is 2. The molecule has 0 aliphatic carbocycles. The highest BCUT2D eigenvalue weighted by atomic mass is 32.2. The molecule has 1 aromatic carbocycles. The number of nitrogens with one attached hydrogen (secondary N) is 1. The third-order valence-electron chi connectivity index (χ3n) is 3.44. The number of fused-ring (bicyclic) bond motifs is 1. The molecule has 132 valence electrons. The minimum Gasteiger partial charge on any atom is -0.506 e. The van der Waals surface area contributed by atoms with Crippen molar-refractivity contribution in [1.82, 2.24) is 0 Å². The summed E-state index contributed by atoms with van der Waals surface area (Å²) in [7, 11) is 0. The Morgan fingerprint density at radius 3 is 2.75 bits per heavy atom. The van der Waals surface area contributed by atoms with Crippen molar-refractivity contribution in [2.45, 2.75) is 28.3 Å². The van der Waals surface area contributed by atoms with Gasteiger partial charge in [0.15, 0.2) is 0 Å². The number of thioether (sulfide) groups is 2. The number of aliphatic carboxylic acids is 2. The summed E-state index contributed by atoms with van der Waals surface area (Å²) in [6, 6.07) is -0.274. The van der Waals surface area contributed by atoms with Crippen molar-refractivity contribution in [3.05, 3.63) is 11.6 Å². The molecular weight excluding hydrogens is 354 g/mol. The molecule has 0 amide bonds. The Morgan fingerprint density at radius 2 is 2.17 bits per heavy atom. The van der Waals surface area contributed by atoms with E-state index in [4.69, 9.17) is 21.7 Å². The Hall–Kier alpha value is -1.62. The van der Waals surface area contributed by atoms with Gasteiger partial charge in [-0.15, -0.1) is 23.5 Å². The Bertz CT molecular complexity index is 656. The fourth-order valence-corrected chi connectivity index (χ4v) is 4.77. The summed E-state index contributed by atoms with van der Waals surface area (Å²) in [6.07, 6.45) is 0.508. The van der Waals surface area contributed by atoms with Crippen molar-refractivity contribution in [3.63, 3.8) is 0 Å². The molecule has 0 aromatic heterocycles. The largest absolute Gasteiger partial charge is 0.506 e. The Balaban J connectivity index is 2.38. The van der Waals surface area contributed by atoms with E-state index >= 15 is 0 Å². The minimum absolute atomic E-state index is 0.0428. The standard InChI is InChI=1S/C14H19N3O5S2/c15-2-1-6-3-9(18)10-12(24-5-8(17-10)14(21)22)11(6)23-4-7(16)13(19)20/h3,7-8,17-18H,1-2,4-5,15-16H2,(H,19,20)(H,21,22)/t7-,8-/m0/s1. The maximum Gasteiger partial charge on any atom is 0.327 e. The van der Waals surface area contributed by atoms with E-state index in [2.05, 4.69) is 5.32 Å². The average molecular weight is 373 g/mol. The number of benzene rings is 1. The van der Waals surface area contributed by atoms with Crippen molar-refractivity contribution >= 4 is 41.1 Å². The van der Waals surface area contributed by atoms with Crippen LogP contribution < -0.4 is 16.8 Å². The zero-order valence-corrected chi connectivity index (χ0v) is 14.3. The van der Waals surface area contributed by atoms with Gasteiger partial charge in [0.05, 0.1) is 5.69 Å².